The number of aliphatic hydroxyl groups is 1. The van der Waals surface area contributed by atoms with Crippen molar-refractivity contribution in [3.8, 4) is 5.69 Å². The van der Waals surface area contributed by atoms with E-state index in [9.17, 15) is 27.9 Å². The molecule has 9 heteroatoms. The zero-order valence-electron chi connectivity index (χ0n) is 12.7. The van der Waals surface area contributed by atoms with Gasteiger partial charge in [0, 0.05) is 16.7 Å². The van der Waals surface area contributed by atoms with Crippen LogP contribution in [0.3, 0.4) is 0 Å². The molecule has 1 aromatic heterocycles. The Bertz CT molecular complexity index is 854. The van der Waals surface area contributed by atoms with Crippen LogP contribution in [0.4, 0.5) is 13.2 Å². The first kappa shape index (κ1) is 18.3. The fourth-order valence-corrected chi connectivity index (χ4v) is 2.47. The zero-order chi connectivity index (χ0) is 18.3. The highest BCUT2D eigenvalue weighted by molar-refractivity contribution is 6.31. The summed E-state index contributed by atoms with van der Waals surface area (Å²) < 4.78 is 38.4. The summed E-state index contributed by atoms with van der Waals surface area (Å²) in [5.41, 5.74) is -4.87. The molecule has 1 aromatic carbocycles. The molecule has 0 radical (unpaired) electrons. The highest BCUT2D eigenvalue weighted by Gasteiger charge is 2.33. The second-order valence-electron chi connectivity index (χ2n) is 5.45. The number of hydrogen-bond donors (Lipinski definition) is 2. The first-order valence-electron chi connectivity index (χ1n) is 6.93. The van der Waals surface area contributed by atoms with Crippen molar-refractivity contribution in [3.63, 3.8) is 0 Å². The van der Waals surface area contributed by atoms with Gasteiger partial charge in [-0.1, -0.05) is 18.5 Å². The van der Waals surface area contributed by atoms with Crippen molar-refractivity contribution in [2.75, 3.05) is 0 Å². The molecule has 1 heterocycles. The van der Waals surface area contributed by atoms with Crippen LogP contribution in [-0.2, 0) is 11.8 Å². The Morgan fingerprint density at radius 3 is 2.38 bits per heavy atom. The molecule has 0 amide bonds. The molecule has 0 aliphatic carbocycles. The van der Waals surface area contributed by atoms with Crippen molar-refractivity contribution in [1.82, 2.24) is 9.55 Å². The SMILES string of the molecule is CCC(C)(O)c1cc(-n2c(=O)cc(C(F)(F)F)[nH]c2=O)ccc1Cl. The number of H-pyrrole nitrogens is 1. The van der Waals surface area contributed by atoms with Crippen LogP contribution in [0, 0.1) is 0 Å². The van der Waals surface area contributed by atoms with Crippen molar-refractivity contribution in [1.29, 1.82) is 0 Å². The van der Waals surface area contributed by atoms with Gasteiger partial charge < -0.3 is 10.1 Å². The number of hydrogen-bond acceptors (Lipinski definition) is 3. The molecule has 24 heavy (non-hydrogen) atoms. The highest BCUT2D eigenvalue weighted by atomic mass is 35.5. The molecule has 0 saturated heterocycles. The lowest BCUT2D eigenvalue weighted by molar-refractivity contribution is -0.141. The van der Waals surface area contributed by atoms with Gasteiger partial charge in [-0.15, -0.1) is 0 Å². The second-order valence-corrected chi connectivity index (χ2v) is 5.86. The van der Waals surface area contributed by atoms with E-state index in [1.165, 1.54) is 25.1 Å². The fourth-order valence-electron chi connectivity index (χ4n) is 2.15. The summed E-state index contributed by atoms with van der Waals surface area (Å²) in [6.45, 7) is 3.21. The minimum Gasteiger partial charge on any atom is -0.385 e. The Morgan fingerprint density at radius 2 is 1.88 bits per heavy atom. The predicted molar refractivity (Wildman–Crippen MR) is 82.5 cm³/mol. The normalized spacial score (nSPS) is 14.5. The standard InChI is InChI=1S/C15H14ClF3N2O3/c1-3-14(2,24)9-6-8(4-5-10(9)16)21-12(22)7-11(15(17,18)19)20-13(21)23/h4-7,24H,3H2,1-2H3,(H,20,23). The third kappa shape index (κ3) is 3.39. The van der Waals surface area contributed by atoms with Crippen molar-refractivity contribution in [3.05, 3.63) is 61.4 Å². The van der Waals surface area contributed by atoms with Crippen molar-refractivity contribution in [2.24, 2.45) is 0 Å². The number of halogens is 4. The lowest BCUT2D eigenvalue weighted by atomic mass is 9.93. The number of benzene rings is 1. The molecule has 0 bridgehead atoms. The third-order valence-electron chi connectivity index (χ3n) is 3.72. The maximum absolute atomic E-state index is 12.6. The number of nitrogens with one attached hydrogen (secondary N) is 1. The Labute approximate surface area is 139 Å². The second kappa shape index (κ2) is 6.10. The van der Waals surface area contributed by atoms with Crippen LogP contribution >= 0.6 is 11.6 Å². The molecule has 1 unspecified atom stereocenters. The van der Waals surface area contributed by atoms with E-state index in [0.29, 0.717) is 17.1 Å². The molecule has 0 saturated carbocycles. The van der Waals surface area contributed by atoms with Crippen LogP contribution in [0.5, 0.6) is 0 Å². The van der Waals surface area contributed by atoms with Crippen LogP contribution in [-0.4, -0.2) is 14.7 Å². The van der Waals surface area contributed by atoms with E-state index in [1.54, 1.807) is 11.9 Å². The summed E-state index contributed by atoms with van der Waals surface area (Å²) in [6.07, 6.45) is -4.54. The molecule has 0 aliphatic rings. The van der Waals surface area contributed by atoms with E-state index in [4.69, 9.17) is 11.6 Å². The average Bonchev–Trinajstić information content (AvgIpc) is 2.47. The van der Waals surface area contributed by atoms with Gasteiger partial charge in [-0.25, -0.2) is 9.36 Å². The number of alkyl halides is 3. The summed E-state index contributed by atoms with van der Waals surface area (Å²) in [5, 5.41) is 10.5. The van der Waals surface area contributed by atoms with Crippen LogP contribution in [0.2, 0.25) is 5.02 Å². The zero-order valence-corrected chi connectivity index (χ0v) is 13.5. The van der Waals surface area contributed by atoms with Crippen molar-refractivity contribution in [2.45, 2.75) is 32.0 Å². The first-order chi connectivity index (χ1) is 11.0. The Kier molecular flexibility index (Phi) is 4.65. The molecule has 2 rings (SSSR count). The topological polar surface area (TPSA) is 75.1 Å². The van der Waals surface area contributed by atoms with Gasteiger partial charge in [-0.2, -0.15) is 13.2 Å². The minimum absolute atomic E-state index is 0.00287. The highest BCUT2D eigenvalue weighted by Crippen LogP contribution is 2.32. The van der Waals surface area contributed by atoms with Gasteiger partial charge in [0.05, 0.1) is 11.3 Å². The molecule has 0 aliphatic heterocycles. The molecule has 2 N–H and O–H groups in total. The quantitative estimate of drug-likeness (QED) is 0.881. The maximum Gasteiger partial charge on any atom is 0.431 e. The Balaban J connectivity index is 2.69. The van der Waals surface area contributed by atoms with Gasteiger partial charge in [0.1, 0.15) is 5.69 Å². The third-order valence-corrected chi connectivity index (χ3v) is 4.04. The van der Waals surface area contributed by atoms with Gasteiger partial charge in [-0.05, 0) is 31.5 Å². The molecular weight excluding hydrogens is 349 g/mol. The molecule has 0 spiro atoms. The van der Waals surface area contributed by atoms with Crippen LogP contribution < -0.4 is 11.2 Å². The van der Waals surface area contributed by atoms with E-state index in [1.807, 2.05) is 0 Å². The molecular formula is C15H14ClF3N2O3. The van der Waals surface area contributed by atoms with E-state index >= 15 is 0 Å². The lowest BCUT2D eigenvalue weighted by Gasteiger charge is -2.24. The van der Waals surface area contributed by atoms with E-state index in [0.717, 1.165) is 0 Å². The Hall–Kier alpha value is -2.06. The van der Waals surface area contributed by atoms with E-state index in [2.05, 4.69) is 0 Å². The fraction of sp³-hybridized carbons (Fsp3) is 0.333. The van der Waals surface area contributed by atoms with Crippen LogP contribution in [0.1, 0.15) is 31.5 Å². The van der Waals surface area contributed by atoms with Gasteiger partial charge in [0.25, 0.3) is 5.56 Å². The number of rotatable bonds is 3. The van der Waals surface area contributed by atoms with Crippen LogP contribution in [0.15, 0.2) is 33.9 Å². The number of aromatic nitrogens is 2. The van der Waals surface area contributed by atoms with Crippen LogP contribution in [0.25, 0.3) is 5.69 Å². The van der Waals surface area contributed by atoms with Gasteiger partial charge in [0.15, 0.2) is 0 Å². The Morgan fingerprint density at radius 1 is 1.25 bits per heavy atom. The average molecular weight is 363 g/mol. The summed E-state index contributed by atoms with van der Waals surface area (Å²) >= 11 is 6.03. The van der Waals surface area contributed by atoms with Gasteiger partial charge >= 0.3 is 11.9 Å². The minimum atomic E-state index is -4.84. The lowest BCUT2D eigenvalue weighted by Crippen LogP contribution is -2.36. The summed E-state index contributed by atoms with van der Waals surface area (Å²) in [5.74, 6) is 0. The summed E-state index contributed by atoms with van der Waals surface area (Å²) in [7, 11) is 0. The molecule has 130 valence electrons. The van der Waals surface area contributed by atoms with Crippen molar-refractivity contribution < 1.29 is 18.3 Å². The summed E-state index contributed by atoms with van der Waals surface area (Å²) in [4.78, 5) is 25.5. The van der Waals surface area contributed by atoms with Crippen molar-refractivity contribution >= 4 is 11.6 Å². The van der Waals surface area contributed by atoms with E-state index in [-0.39, 0.29) is 16.3 Å². The number of aromatic amines is 1. The van der Waals surface area contributed by atoms with Gasteiger partial charge in [0.2, 0.25) is 0 Å². The smallest absolute Gasteiger partial charge is 0.385 e. The maximum atomic E-state index is 12.6. The molecule has 2 aromatic rings. The molecule has 1 atom stereocenters. The predicted octanol–water partition coefficient (Wildman–Crippen LogP) is 2.82. The first-order valence-corrected chi connectivity index (χ1v) is 7.31. The van der Waals surface area contributed by atoms with Gasteiger partial charge in [-0.3, -0.25) is 4.79 Å². The monoisotopic (exact) mass is 362 g/mol. The largest absolute Gasteiger partial charge is 0.431 e. The van der Waals surface area contributed by atoms with E-state index < -0.39 is 28.7 Å². The molecule has 5 nitrogen and oxygen atoms in total. The summed E-state index contributed by atoms with van der Waals surface area (Å²) in [6, 6.07) is 4.27. The number of nitrogens with zero attached hydrogens (tertiary/aromatic N) is 1. The molecule has 0 fully saturated rings.